The summed E-state index contributed by atoms with van der Waals surface area (Å²) in [6, 6.07) is 21.2. The van der Waals surface area contributed by atoms with Crippen molar-refractivity contribution in [1.82, 2.24) is 15.2 Å². The molecule has 3 heterocycles. The maximum atomic E-state index is 14.0. The molecule has 0 aliphatic carbocycles. The van der Waals surface area contributed by atoms with Gasteiger partial charge >= 0.3 is 0 Å². The van der Waals surface area contributed by atoms with Crippen molar-refractivity contribution in [2.75, 3.05) is 6.54 Å². The first-order chi connectivity index (χ1) is 16.1. The van der Waals surface area contributed by atoms with E-state index in [1.807, 2.05) is 42.5 Å². The molecule has 2 atom stereocenters. The third kappa shape index (κ3) is 3.05. The SMILES string of the molecule is O=C(NCCc1ccccc1F)[C@@H]1Cc2c([nH]c3ccccc23)C2c3ccccc3C(=O)N21. The number of hydrogen-bond donors (Lipinski definition) is 2. The van der Waals surface area contributed by atoms with Crippen LogP contribution in [0.25, 0.3) is 10.9 Å². The number of aromatic amines is 1. The Morgan fingerprint density at radius 2 is 1.79 bits per heavy atom. The van der Waals surface area contributed by atoms with E-state index in [-0.39, 0.29) is 23.7 Å². The Labute approximate surface area is 190 Å². The minimum absolute atomic E-state index is 0.130. The van der Waals surface area contributed by atoms with Gasteiger partial charge in [-0.2, -0.15) is 0 Å². The third-order valence-corrected chi connectivity index (χ3v) is 6.81. The molecule has 2 amide bonds. The predicted octanol–water partition coefficient (Wildman–Crippen LogP) is 4.14. The highest BCUT2D eigenvalue weighted by molar-refractivity contribution is 6.03. The molecule has 0 bridgehead atoms. The molecule has 33 heavy (non-hydrogen) atoms. The number of carbonyl (C=O) groups excluding carboxylic acids is 2. The minimum Gasteiger partial charge on any atom is -0.356 e. The molecule has 6 heteroatoms. The zero-order valence-electron chi connectivity index (χ0n) is 17.8. The Kier molecular flexibility index (Phi) is 4.54. The fraction of sp³-hybridized carbons (Fsp3) is 0.185. The van der Waals surface area contributed by atoms with Crippen molar-refractivity contribution in [2.45, 2.75) is 24.9 Å². The van der Waals surface area contributed by atoms with Crippen LogP contribution in [-0.2, 0) is 17.6 Å². The van der Waals surface area contributed by atoms with E-state index < -0.39 is 6.04 Å². The molecule has 2 aliphatic rings. The molecule has 0 spiro atoms. The number of carbonyl (C=O) groups is 2. The highest BCUT2D eigenvalue weighted by Gasteiger charge is 2.48. The normalized spacial score (nSPS) is 18.7. The molecule has 0 saturated carbocycles. The van der Waals surface area contributed by atoms with Gasteiger partial charge in [-0.15, -0.1) is 0 Å². The second-order valence-electron chi connectivity index (χ2n) is 8.62. The first-order valence-corrected chi connectivity index (χ1v) is 11.2. The molecule has 5 nitrogen and oxygen atoms in total. The fourth-order valence-electron chi connectivity index (χ4n) is 5.28. The molecule has 6 rings (SSSR count). The van der Waals surface area contributed by atoms with Crippen LogP contribution in [0.3, 0.4) is 0 Å². The molecule has 4 aromatic rings. The Hall–Kier alpha value is -3.93. The number of rotatable bonds is 4. The van der Waals surface area contributed by atoms with Crippen LogP contribution in [0, 0.1) is 5.82 Å². The topological polar surface area (TPSA) is 65.2 Å². The lowest BCUT2D eigenvalue weighted by Gasteiger charge is -2.37. The first-order valence-electron chi connectivity index (χ1n) is 11.2. The van der Waals surface area contributed by atoms with Gasteiger partial charge in [-0.05, 0) is 41.3 Å². The molecule has 0 radical (unpaired) electrons. The monoisotopic (exact) mass is 439 g/mol. The van der Waals surface area contributed by atoms with E-state index in [4.69, 9.17) is 0 Å². The van der Waals surface area contributed by atoms with Crippen LogP contribution in [-0.4, -0.2) is 34.3 Å². The molecule has 1 unspecified atom stereocenters. The van der Waals surface area contributed by atoms with Crippen LogP contribution in [0.15, 0.2) is 72.8 Å². The van der Waals surface area contributed by atoms with Crippen molar-refractivity contribution in [2.24, 2.45) is 0 Å². The molecule has 0 fully saturated rings. The molecular weight excluding hydrogens is 417 g/mol. The average Bonchev–Trinajstić information content (AvgIpc) is 3.35. The first kappa shape index (κ1) is 19.7. The second kappa shape index (κ2) is 7.59. The summed E-state index contributed by atoms with van der Waals surface area (Å²) in [6.45, 7) is 0.302. The van der Waals surface area contributed by atoms with Crippen molar-refractivity contribution in [3.8, 4) is 0 Å². The predicted molar refractivity (Wildman–Crippen MR) is 123 cm³/mol. The van der Waals surface area contributed by atoms with Crippen molar-refractivity contribution < 1.29 is 14.0 Å². The molecular formula is C27H22FN3O2. The summed E-state index contributed by atoms with van der Waals surface area (Å²) in [5.41, 5.74) is 5.16. The van der Waals surface area contributed by atoms with E-state index in [0.717, 1.165) is 27.7 Å². The lowest BCUT2D eigenvalue weighted by atomic mass is 9.90. The van der Waals surface area contributed by atoms with Crippen molar-refractivity contribution in [3.63, 3.8) is 0 Å². The molecule has 2 N–H and O–H groups in total. The number of fused-ring (bicyclic) bond motifs is 7. The Morgan fingerprint density at radius 1 is 1.03 bits per heavy atom. The van der Waals surface area contributed by atoms with Gasteiger partial charge in [0, 0.05) is 35.1 Å². The summed E-state index contributed by atoms with van der Waals surface area (Å²) in [5.74, 6) is -0.624. The number of para-hydroxylation sites is 1. The Balaban J connectivity index is 1.35. The van der Waals surface area contributed by atoms with Crippen molar-refractivity contribution >= 4 is 22.7 Å². The van der Waals surface area contributed by atoms with Crippen LogP contribution in [0.2, 0.25) is 0 Å². The van der Waals surface area contributed by atoms with E-state index in [9.17, 15) is 14.0 Å². The number of nitrogens with zero attached hydrogens (tertiary/aromatic N) is 1. The van der Waals surface area contributed by atoms with Crippen LogP contribution in [0.5, 0.6) is 0 Å². The fourth-order valence-corrected chi connectivity index (χ4v) is 5.28. The number of benzene rings is 3. The molecule has 1 aromatic heterocycles. The molecule has 3 aromatic carbocycles. The molecule has 0 saturated heterocycles. The Morgan fingerprint density at radius 3 is 2.67 bits per heavy atom. The van der Waals surface area contributed by atoms with Gasteiger partial charge in [0.1, 0.15) is 11.9 Å². The summed E-state index contributed by atoms with van der Waals surface area (Å²) >= 11 is 0. The zero-order chi connectivity index (χ0) is 22.5. The summed E-state index contributed by atoms with van der Waals surface area (Å²) in [6.07, 6.45) is 0.822. The van der Waals surface area contributed by atoms with Crippen LogP contribution in [0.1, 0.15) is 38.8 Å². The maximum absolute atomic E-state index is 14.0. The summed E-state index contributed by atoms with van der Waals surface area (Å²) < 4.78 is 14.0. The van der Waals surface area contributed by atoms with Gasteiger partial charge in [-0.3, -0.25) is 9.59 Å². The van der Waals surface area contributed by atoms with E-state index >= 15 is 0 Å². The van der Waals surface area contributed by atoms with E-state index in [2.05, 4.69) is 16.4 Å². The van der Waals surface area contributed by atoms with Gasteiger partial charge < -0.3 is 15.2 Å². The van der Waals surface area contributed by atoms with Gasteiger partial charge in [-0.25, -0.2) is 4.39 Å². The second-order valence-corrected chi connectivity index (χ2v) is 8.62. The lowest BCUT2D eigenvalue weighted by Crippen LogP contribution is -2.52. The van der Waals surface area contributed by atoms with Gasteiger partial charge in [0.2, 0.25) is 5.91 Å². The number of H-pyrrole nitrogens is 1. The number of hydrogen-bond acceptors (Lipinski definition) is 2. The standard InChI is InChI=1S/C27H22FN3O2/c28-21-11-5-1-7-16(21)13-14-29-26(32)23-15-20-17-8-4-6-12-22(17)30-24(20)25-18-9-2-3-10-19(18)27(33)31(23)25/h1-12,23,25,30H,13-15H2,(H,29,32)/t23-,25?/m0/s1. The average molecular weight is 439 g/mol. The van der Waals surface area contributed by atoms with E-state index in [0.29, 0.717) is 30.5 Å². The van der Waals surface area contributed by atoms with Crippen LogP contribution in [0.4, 0.5) is 4.39 Å². The summed E-state index contributed by atoms with van der Waals surface area (Å²) in [7, 11) is 0. The van der Waals surface area contributed by atoms with Gasteiger partial charge in [0.15, 0.2) is 0 Å². The highest BCUT2D eigenvalue weighted by atomic mass is 19.1. The molecule has 164 valence electrons. The van der Waals surface area contributed by atoms with E-state index in [1.165, 1.54) is 6.07 Å². The van der Waals surface area contributed by atoms with Gasteiger partial charge in [0.05, 0.1) is 6.04 Å². The summed E-state index contributed by atoms with van der Waals surface area (Å²) in [5, 5.41) is 4.03. The van der Waals surface area contributed by atoms with Crippen LogP contribution < -0.4 is 5.32 Å². The number of halogens is 1. The zero-order valence-corrected chi connectivity index (χ0v) is 17.8. The number of amides is 2. The summed E-state index contributed by atoms with van der Waals surface area (Å²) in [4.78, 5) is 32.0. The minimum atomic E-state index is -0.637. The quantitative estimate of drug-likeness (QED) is 0.502. The Bertz CT molecular complexity index is 1410. The van der Waals surface area contributed by atoms with Crippen molar-refractivity contribution in [1.29, 1.82) is 0 Å². The smallest absolute Gasteiger partial charge is 0.255 e. The lowest BCUT2D eigenvalue weighted by molar-refractivity contribution is -0.126. The van der Waals surface area contributed by atoms with Gasteiger partial charge in [-0.1, -0.05) is 54.6 Å². The number of aromatic nitrogens is 1. The van der Waals surface area contributed by atoms with E-state index in [1.54, 1.807) is 23.1 Å². The number of nitrogens with one attached hydrogen (secondary N) is 2. The molecule has 2 aliphatic heterocycles. The third-order valence-electron chi connectivity index (χ3n) is 6.81. The van der Waals surface area contributed by atoms with Gasteiger partial charge in [0.25, 0.3) is 5.91 Å². The van der Waals surface area contributed by atoms with Crippen molar-refractivity contribution in [3.05, 3.63) is 107 Å². The van der Waals surface area contributed by atoms with Crippen LogP contribution >= 0.6 is 0 Å². The maximum Gasteiger partial charge on any atom is 0.255 e. The largest absolute Gasteiger partial charge is 0.356 e. The highest BCUT2D eigenvalue weighted by Crippen LogP contribution is 2.46.